The van der Waals surface area contributed by atoms with Crippen LogP contribution >= 0.6 is 22.9 Å². The molecular weight excluding hydrogens is 370 g/mol. The van der Waals surface area contributed by atoms with Crippen molar-refractivity contribution in [2.75, 3.05) is 37.7 Å². The lowest BCUT2D eigenvalue weighted by molar-refractivity contribution is -0.133. The molecule has 0 N–H and O–H groups in total. The first-order valence-corrected chi connectivity index (χ1v) is 9.65. The van der Waals surface area contributed by atoms with E-state index in [9.17, 15) is 4.79 Å². The number of halogens is 1. The molecule has 2 heterocycles. The smallest absolute Gasteiger partial charge is 0.260 e. The second-order valence-corrected chi connectivity index (χ2v) is 7.52. The molecule has 4 rings (SSSR count). The standard InChI is InChI=1S/C19H18ClN3O2S/c20-14-6-7-16-17(12-14)26-19(21-16)23-10-8-22(9-11-23)18(24)13-25-15-4-2-1-3-5-15/h1-7,12H,8-11,13H2. The van der Waals surface area contributed by atoms with Crippen molar-refractivity contribution >= 4 is 44.2 Å². The SMILES string of the molecule is O=C(COc1ccccc1)N1CCN(c2nc3ccc(Cl)cc3s2)CC1. The zero-order chi connectivity index (χ0) is 17.9. The van der Waals surface area contributed by atoms with E-state index in [1.165, 1.54) is 0 Å². The van der Waals surface area contributed by atoms with Crippen LogP contribution in [0.4, 0.5) is 5.13 Å². The molecule has 0 saturated carbocycles. The minimum absolute atomic E-state index is 0.0181. The predicted molar refractivity (Wildman–Crippen MR) is 105 cm³/mol. The highest BCUT2D eigenvalue weighted by Crippen LogP contribution is 2.31. The Morgan fingerprint density at radius 2 is 1.88 bits per heavy atom. The lowest BCUT2D eigenvalue weighted by atomic mass is 10.3. The fraction of sp³-hybridized carbons (Fsp3) is 0.263. The number of piperazine rings is 1. The summed E-state index contributed by atoms with van der Waals surface area (Å²) in [6.45, 7) is 2.96. The number of amides is 1. The second-order valence-electron chi connectivity index (χ2n) is 6.08. The zero-order valence-corrected chi connectivity index (χ0v) is 15.7. The first-order valence-electron chi connectivity index (χ1n) is 8.46. The van der Waals surface area contributed by atoms with E-state index >= 15 is 0 Å². The highest BCUT2D eigenvalue weighted by Gasteiger charge is 2.23. The predicted octanol–water partition coefficient (Wildman–Crippen LogP) is 3.68. The number of ether oxygens (including phenoxy) is 1. The molecule has 5 nitrogen and oxygen atoms in total. The molecule has 134 valence electrons. The van der Waals surface area contributed by atoms with Gasteiger partial charge in [0.15, 0.2) is 11.7 Å². The lowest BCUT2D eigenvalue weighted by Crippen LogP contribution is -2.50. The summed E-state index contributed by atoms with van der Waals surface area (Å²) in [6.07, 6.45) is 0. The molecule has 0 aliphatic carbocycles. The summed E-state index contributed by atoms with van der Waals surface area (Å²) in [5.41, 5.74) is 0.962. The van der Waals surface area contributed by atoms with E-state index in [0.29, 0.717) is 18.8 Å². The van der Waals surface area contributed by atoms with Gasteiger partial charge in [-0.15, -0.1) is 0 Å². The Morgan fingerprint density at radius 3 is 2.65 bits per heavy atom. The minimum Gasteiger partial charge on any atom is -0.484 e. The van der Waals surface area contributed by atoms with Crippen molar-refractivity contribution in [3.63, 3.8) is 0 Å². The molecule has 2 aromatic carbocycles. The fourth-order valence-electron chi connectivity index (χ4n) is 2.92. The van der Waals surface area contributed by atoms with Crippen molar-refractivity contribution in [1.82, 2.24) is 9.88 Å². The van der Waals surface area contributed by atoms with Crippen LogP contribution in [0.3, 0.4) is 0 Å². The summed E-state index contributed by atoms with van der Waals surface area (Å²) in [5.74, 6) is 0.734. The van der Waals surface area contributed by atoms with Crippen LogP contribution in [0.25, 0.3) is 10.2 Å². The molecule has 1 aliphatic heterocycles. The lowest BCUT2D eigenvalue weighted by Gasteiger charge is -2.34. The monoisotopic (exact) mass is 387 g/mol. The van der Waals surface area contributed by atoms with Crippen molar-refractivity contribution < 1.29 is 9.53 Å². The quantitative estimate of drug-likeness (QED) is 0.685. The third-order valence-electron chi connectivity index (χ3n) is 4.35. The Morgan fingerprint density at radius 1 is 1.12 bits per heavy atom. The van der Waals surface area contributed by atoms with Crippen LogP contribution in [0, 0.1) is 0 Å². The van der Waals surface area contributed by atoms with Crippen molar-refractivity contribution in [3.05, 3.63) is 53.6 Å². The molecule has 1 aliphatic rings. The molecule has 1 fully saturated rings. The van der Waals surface area contributed by atoms with Gasteiger partial charge < -0.3 is 14.5 Å². The van der Waals surface area contributed by atoms with E-state index in [0.717, 1.165) is 33.5 Å². The van der Waals surface area contributed by atoms with Gasteiger partial charge in [0.25, 0.3) is 5.91 Å². The Labute approximate surface area is 160 Å². The Balaban J connectivity index is 1.33. The second kappa shape index (κ2) is 7.51. The Hall–Kier alpha value is -2.31. The number of para-hydroxylation sites is 1. The molecule has 1 saturated heterocycles. The Kier molecular flexibility index (Phi) is 4.95. The minimum atomic E-state index is 0.0181. The van der Waals surface area contributed by atoms with Gasteiger partial charge in [-0.3, -0.25) is 4.79 Å². The van der Waals surface area contributed by atoms with Gasteiger partial charge in [-0.25, -0.2) is 4.98 Å². The van der Waals surface area contributed by atoms with Gasteiger partial charge in [0.2, 0.25) is 0 Å². The van der Waals surface area contributed by atoms with Gasteiger partial charge in [-0.05, 0) is 30.3 Å². The number of thiazole rings is 1. The number of carbonyl (C=O) groups excluding carboxylic acids is 1. The van der Waals surface area contributed by atoms with E-state index < -0.39 is 0 Å². The van der Waals surface area contributed by atoms with Crippen LogP contribution in [0.5, 0.6) is 5.75 Å². The van der Waals surface area contributed by atoms with Crippen LogP contribution in [-0.4, -0.2) is 48.6 Å². The van der Waals surface area contributed by atoms with Crippen molar-refractivity contribution in [2.45, 2.75) is 0 Å². The van der Waals surface area contributed by atoms with Crippen molar-refractivity contribution in [2.24, 2.45) is 0 Å². The molecule has 3 aromatic rings. The molecule has 0 atom stereocenters. The molecule has 1 aromatic heterocycles. The zero-order valence-electron chi connectivity index (χ0n) is 14.1. The molecule has 0 unspecified atom stereocenters. The molecule has 0 radical (unpaired) electrons. The first kappa shape index (κ1) is 17.1. The third kappa shape index (κ3) is 3.76. The molecule has 1 amide bonds. The van der Waals surface area contributed by atoms with Crippen LogP contribution in [-0.2, 0) is 4.79 Å². The van der Waals surface area contributed by atoms with Gasteiger partial charge in [0.1, 0.15) is 5.75 Å². The molecule has 7 heteroatoms. The van der Waals surface area contributed by atoms with Gasteiger partial charge in [0.05, 0.1) is 10.2 Å². The average molecular weight is 388 g/mol. The van der Waals surface area contributed by atoms with Crippen LogP contribution in [0.1, 0.15) is 0 Å². The number of aromatic nitrogens is 1. The summed E-state index contributed by atoms with van der Waals surface area (Å²) in [6, 6.07) is 15.2. The number of hydrogen-bond donors (Lipinski definition) is 0. The molecule has 0 bridgehead atoms. The van der Waals surface area contributed by atoms with Gasteiger partial charge in [0, 0.05) is 31.2 Å². The van der Waals surface area contributed by atoms with E-state index in [-0.39, 0.29) is 12.5 Å². The molecule has 0 spiro atoms. The maximum atomic E-state index is 12.3. The van der Waals surface area contributed by atoms with Gasteiger partial charge in [-0.2, -0.15) is 0 Å². The van der Waals surface area contributed by atoms with Gasteiger partial charge >= 0.3 is 0 Å². The molecule has 26 heavy (non-hydrogen) atoms. The summed E-state index contributed by atoms with van der Waals surface area (Å²) in [4.78, 5) is 21.1. The number of fused-ring (bicyclic) bond motifs is 1. The Bertz CT molecular complexity index is 908. The maximum Gasteiger partial charge on any atom is 0.260 e. The van der Waals surface area contributed by atoms with Crippen molar-refractivity contribution in [3.8, 4) is 5.75 Å². The largest absolute Gasteiger partial charge is 0.484 e. The number of benzene rings is 2. The summed E-state index contributed by atoms with van der Waals surface area (Å²) < 4.78 is 6.64. The highest BCUT2D eigenvalue weighted by molar-refractivity contribution is 7.22. The average Bonchev–Trinajstić information content (AvgIpc) is 3.10. The third-order valence-corrected chi connectivity index (χ3v) is 5.66. The van der Waals surface area contributed by atoms with E-state index in [1.54, 1.807) is 11.3 Å². The molecular formula is C19H18ClN3O2S. The first-order chi connectivity index (χ1) is 12.7. The van der Waals surface area contributed by atoms with E-state index in [4.69, 9.17) is 16.3 Å². The number of hydrogen-bond acceptors (Lipinski definition) is 5. The summed E-state index contributed by atoms with van der Waals surface area (Å²) in [5, 5.41) is 1.71. The van der Waals surface area contributed by atoms with Gasteiger partial charge in [-0.1, -0.05) is 41.1 Å². The van der Waals surface area contributed by atoms with E-state index in [2.05, 4.69) is 9.88 Å². The van der Waals surface area contributed by atoms with Crippen LogP contribution in [0.15, 0.2) is 48.5 Å². The van der Waals surface area contributed by atoms with Crippen molar-refractivity contribution in [1.29, 1.82) is 0 Å². The normalized spacial score (nSPS) is 14.7. The summed E-state index contributed by atoms with van der Waals surface area (Å²) in [7, 11) is 0. The number of rotatable bonds is 4. The topological polar surface area (TPSA) is 45.7 Å². The van der Waals surface area contributed by atoms with Crippen LogP contribution < -0.4 is 9.64 Å². The number of nitrogens with zero attached hydrogens (tertiary/aromatic N) is 3. The summed E-state index contributed by atoms with van der Waals surface area (Å²) >= 11 is 7.69. The number of anilines is 1. The van der Waals surface area contributed by atoms with E-state index in [1.807, 2.05) is 53.4 Å². The van der Waals surface area contributed by atoms with Crippen LogP contribution in [0.2, 0.25) is 5.02 Å². The fourth-order valence-corrected chi connectivity index (χ4v) is 4.22. The maximum absolute atomic E-state index is 12.3. The highest BCUT2D eigenvalue weighted by atomic mass is 35.5. The number of carbonyl (C=O) groups is 1.